The first kappa shape index (κ1) is 24.1. The molecule has 0 radical (unpaired) electrons. The number of Topliss-reactive ketones (excluding diaryl/α,β-unsaturated/α-hetero) is 1. The predicted octanol–water partition coefficient (Wildman–Crippen LogP) is 4.97. The largest absolute Gasteiger partial charge is 0.416 e. The highest BCUT2D eigenvalue weighted by atomic mass is 19.4. The molecule has 0 aromatic heterocycles. The molecule has 0 heterocycles. The van der Waals surface area contributed by atoms with Gasteiger partial charge >= 0.3 is 6.18 Å². The molecule has 2 aromatic carbocycles. The number of carbonyl (C=O) groups is 2. The molecule has 9 heteroatoms. The highest BCUT2D eigenvalue weighted by Gasteiger charge is 2.30. The highest BCUT2D eigenvalue weighted by Crippen LogP contribution is 2.32. The van der Waals surface area contributed by atoms with Crippen LogP contribution in [0.25, 0.3) is 0 Å². The van der Waals surface area contributed by atoms with Gasteiger partial charge in [-0.3, -0.25) is 19.9 Å². The van der Waals surface area contributed by atoms with E-state index in [2.05, 4.69) is 15.6 Å². The Hall–Kier alpha value is -3.20. The topological polar surface area (TPSA) is 67.4 Å². The average molecular weight is 438 g/mol. The van der Waals surface area contributed by atoms with Crippen molar-refractivity contribution in [1.82, 2.24) is 5.48 Å². The first-order valence-corrected chi connectivity index (χ1v) is 9.41. The minimum atomic E-state index is -4.45. The van der Waals surface area contributed by atoms with Gasteiger partial charge in [0.25, 0.3) is 5.91 Å². The van der Waals surface area contributed by atoms with Crippen molar-refractivity contribution in [3.05, 3.63) is 77.2 Å². The number of alkyl halides is 3. The van der Waals surface area contributed by atoms with E-state index >= 15 is 0 Å². The summed E-state index contributed by atoms with van der Waals surface area (Å²) in [6.45, 7) is 1.80. The third-order valence-electron chi connectivity index (χ3n) is 4.60. The maximum absolute atomic E-state index is 13.0. The summed E-state index contributed by atoms with van der Waals surface area (Å²) in [6.07, 6.45) is -2.98. The van der Waals surface area contributed by atoms with Crippen LogP contribution < -0.4 is 10.8 Å². The number of hydrogen-bond donors (Lipinski definition) is 2. The first-order chi connectivity index (χ1) is 14.7. The van der Waals surface area contributed by atoms with Gasteiger partial charge in [0.2, 0.25) is 0 Å². The van der Waals surface area contributed by atoms with E-state index in [1.165, 1.54) is 31.4 Å². The molecule has 1 unspecified atom stereocenters. The number of hydroxylamine groups is 1. The number of carbonyl (C=O) groups excluding carboxylic acids is 2. The zero-order valence-corrected chi connectivity index (χ0v) is 16.9. The van der Waals surface area contributed by atoms with Gasteiger partial charge in [-0.2, -0.15) is 13.2 Å². The van der Waals surface area contributed by atoms with Gasteiger partial charge in [-0.15, -0.1) is 0 Å². The minimum Gasteiger partial charge on any atom is -0.322 e. The van der Waals surface area contributed by atoms with E-state index in [9.17, 15) is 27.2 Å². The van der Waals surface area contributed by atoms with Gasteiger partial charge in [0.15, 0.2) is 5.78 Å². The Morgan fingerprint density at radius 3 is 2.19 bits per heavy atom. The maximum atomic E-state index is 13.0. The fraction of sp³-hybridized carbons (Fsp3) is 0.273. The van der Waals surface area contributed by atoms with Crippen LogP contribution in [0.3, 0.4) is 0 Å². The molecule has 0 aliphatic carbocycles. The van der Waals surface area contributed by atoms with Crippen molar-refractivity contribution in [2.75, 3.05) is 12.4 Å². The molecule has 0 aliphatic rings. The summed E-state index contributed by atoms with van der Waals surface area (Å²) >= 11 is 0. The Morgan fingerprint density at radius 1 is 1.06 bits per heavy atom. The van der Waals surface area contributed by atoms with Crippen LogP contribution in [-0.2, 0) is 20.6 Å². The van der Waals surface area contributed by atoms with Crippen molar-refractivity contribution < 1.29 is 32.0 Å². The molecule has 1 atom stereocenters. The van der Waals surface area contributed by atoms with Gasteiger partial charge < -0.3 is 5.32 Å². The molecule has 0 fully saturated rings. The van der Waals surface area contributed by atoms with Gasteiger partial charge in [0.05, 0.1) is 12.7 Å². The second kappa shape index (κ2) is 10.7. The van der Waals surface area contributed by atoms with Crippen molar-refractivity contribution in [3.8, 4) is 0 Å². The molecule has 2 rings (SSSR count). The zero-order valence-electron chi connectivity index (χ0n) is 16.9. The Bertz CT molecular complexity index is 923. The molecular weight excluding hydrogens is 416 g/mol. The predicted molar refractivity (Wildman–Crippen MR) is 107 cm³/mol. The highest BCUT2D eigenvalue weighted by molar-refractivity contribution is 6.23. The standard InChI is InChI=1S/C22H22F4N2O3/c1-3-14(15-4-6-16(7-5-15)22(24,25)26)12-20(29)19(13-27-31-2)21(30)28-18-10-8-17(23)9-11-18/h4-11,13-14,27H,3,12H2,1-2H3,(H,28,30)/b19-13-. The molecule has 2 N–H and O–H groups in total. The summed E-state index contributed by atoms with van der Waals surface area (Å²) in [7, 11) is 1.30. The van der Waals surface area contributed by atoms with Crippen LogP contribution in [-0.4, -0.2) is 18.8 Å². The molecule has 0 spiro atoms. The monoisotopic (exact) mass is 438 g/mol. The summed E-state index contributed by atoms with van der Waals surface area (Å²) in [6, 6.07) is 9.60. The van der Waals surface area contributed by atoms with Crippen LogP contribution in [0.4, 0.5) is 23.2 Å². The zero-order chi connectivity index (χ0) is 23.0. The van der Waals surface area contributed by atoms with Crippen LogP contribution in [0, 0.1) is 5.82 Å². The Morgan fingerprint density at radius 2 is 1.68 bits per heavy atom. The van der Waals surface area contributed by atoms with Crippen molar-refractivity contribution >= 4 is 17.4 Å². The maximum Gasteiger partial charge on any atom is 0.416 e. The van der Waals surface area contributed by atoms with E-state index in [4.69, 9.17) is 0 Å². The second-order valence-electron chi connectivity index (χ2n) is 6.69. The van der Waals surface area contributed by atoms with E-state index in [-0.39, 0.29) is 23.6 Å². The number of ketones is 1. The molecule has 31 heavy (non-hydrogen) atoms. The van der Waals surface area contributed by atoms with Crippen LogP contribution >= 0.6 is 0 Å². The molecular formula is C22H22F4N2O3. The lowest BCUT2D eigenvalue weighted by Gasteiger charge is -2.17. The minimum absolute atomic E-state index is 0.101. The summed E-state index contributed by atoms with van der Waals surface area (Å²) in [5, 5.41) is 2.50. The Labute approximate surface area is 177 Å². The second-order valence-corrected chi connectivity index (χ2v) is 6.69. The van der Waals surface area contributed by atoms with Crippen LogP contribution in [0.2, 0.25) is 0 Å². The van der Waals surface area contributed by atoms with Gasteiger partial charge in [-0.1, -0.05) is 19.1 Å². The van der Waals surface area contributed by atoms with E-state index in [0.717, 1.165) is 30.5 Å². The summed E-state index contributed by atoms with van der Waals surface area (Å²) < 4.78 is 51.4. The molecule has 0 bridgehead atoms. The lowest BCUT2D eigenvalue weighted by Crippen LogP contribution is -2.24. The number of nitrogens with one attached hydrogen (secondary N) is 2. The summed E-state index contributed by atoms with van der Waals surface area (Å²) in [4.78, 5) is 30.1. The molecule has 0 aliphatic heterocycles. The van der Waals surface area contributed by atoms with Crippen LogP contribution in [0.15, 0.2) is 60.3 Å². The van der Waals surface area contributed by atoms with E-state index < -0.39 is 29.2 Å². The van der Waals surface area contributed by atoms with Crippen molar-refractivity contribution in [2.45, 2.75) is 31.9 Å². The van der Waals surface area contributed by atoms with Gasteiger partial charge in [0.1, 0.15) is 11.4 Å². The number of hydrogen-bond acceptors (Lipinski definition) is 4. The van der Waals surface area contributed by atoms with Gasteiger partial charge in [0, 0.05) is 18.3 Å². The van der Waals surface area contributed by atoms with Crippen LogP contribution in [0.1, 0.15) is 36.8 Å². The smallest absolute Gasteiger partial charge is 0.322 e. The van der Waals surface area contributed by atoms with Crippen molar-refractivity contribution in [2.24, 2.45) is 0 Å². The lowest BCUT2D eigenvalue weighted by molar-refractivity contribution is -0.137. The molecule has 5 nitrogen and oxygen atoms in total. The summed E-state index contributed by atoms with van der Waals surface area (Å²) in [5.74, 6) is -2.13. The number of halogens is 4. The van der Waals surface area contributed by atoms with E-state index in [1.807, 2.05) is 0 Å². The Balaban J connectivity index is 2.17. The quantitative estimate of drug-likeness (QED) is 0.191. The fourth-order valence-electron chi connectivity index (χ4n) is 2.90. The molecule has 0 saturated heterocycles. The molecule has 2 aromatic rings. The van der Waals surface area contributed by atoms with E-state index in [0.29, 0.717) is 12.0 Å². The van der Waals surface area contributed by atoms with Crippen molar-refractivity contribution in [3.63, 3.8) is 0 Å². The SMILES string of the molecule is CCC(CC(=O)/C(=C/NOC)C(=O)Nc1ccc(F)cc1)c1ccc(C(F)(F)F)cc1. The van der Waals surface area contributed by atoms with Gasteiger partial charge in [-0.05, 0) is 54.3 Å². The number of benzene rings is 2. The molecule has 166 valence electrons. The van der Waals surface area contributed by atoms with Gasteiger partial charge in [-0.25, -0.2) is 4.39 Å². The fourth-order valence-corrected chi connectivity index (χ4v) is 2.90. The third kappa shape index (κ3) is 6.92. The number of amides is 1. The first-order valence-electron chi connectivity index (χ1n) is 9.41. The van der Waals surface area contributed by atoms with E-state index in [1.54, 1.807) is 6.92 Å². The number of anilines is 1. The lowest BCUT2D eigenvalue weighted by atomic mass is 9.89. The van der Waals surface area contributed by atoms with Crippen LogP contribution in [0.5, 0.6) is 0 Å². The normalized spacial score (nSPS) is 12.9. The Kier molecular flexibility index (Phi) is 8.32. The van der Waals surface area contributed by atoms with Crippen molar-refractivity contribution in [1.29, 1.82) is 0 Å². The molecule has 0 saturated carbocycles. The molecule has 1 amide bonds. The third-order valence-corrected chi connectivity index (χ3v) is 4.60. The summed E-state index contributed by atoms with van der Waals surface area (Å²) in [5.41, 5.74) is 2.16. The number of rotatable bonds is 9. The average Bonchev–Trinajstić information content (AvgIpc) is 2.73.